The lowest BCUT2D eigenvalue weighted by Gasteiger charge is -2.12. The van der Waals surface area contributed by atoms with E-state index in [1.165, 1.54) is 27.1 Å². The second-order valence-electron chi connectivity index (χ2n) is 12.6. The topological polar surface area (TPSA) is 59.4 Å². The fraction of sp³-hybridized carbons (Fsp3) is 0. The number of aromatic amines is 1. The van der Waals surface area contributed by atoms with Gasteiger partial charge in [0.1, 0.15) is 0 Å². The van der Waals surface area contributed by atoms with E-state index in [2.05, 4.69) is 143 Å². The number of hydrogen-bond acceptors (Lipinski definition) is 3. The first-order valence-electron chi connectivity index (χ1n) is 16.8. The molecular formula is C45H29N5. The van der Waals surface area contributed by atoms with Crippen LogP contribution >= 0.6 is 0 Å². The van der Waals surface area contributed by atoms with Crippen molar-refractivity contribution in [1.82, 2.24) is 24.5 Å². The number of fused-ring (bicyclic) bond motifs is 7. The summed E-state index contributed by atoms with van der Waals surface area (Å²) < 4.78 is 2.39. The molecule has 0 amide bonds. The van der Waals surface area contributed by atoms with Crippen molar-refractivity contribution >= 4 is 43.6 Å². The van der Waals surface area contributed by atoms with Gasteiger partial charge < -0.3 is 9.55 Å². The van der Waals surface area contributed by atoms with Crippen molar-refractivity contribution in [3.63, 3.8) is 0 Å². The molecule has 0 unspecified atom stereocenters. The number of nitrogens with one attached hydrogen (secondary N) is 1. The van der Waals surface area contributed by atoms with Gasteiger partial charge in [-0.25, -0.2) is 15.0 Å². The average Bonchev–Trinajstić information content (AvgIpc) is 3.74. The van der Waals surface area contributed by atoms with E-state index in [1.807, 2.05) is 36.4 Å². The van der Waals surface area contributed by atoms with E-state index in [0.29, 0.717) is 17.5 Å². The Morgan fingerprint density at radius 3 is 1.74 bits per heavy atom. The number of para-hydroxylation sites is 2. The van der Waals surface area contributed by atoms with Gasteiger partial charge in [0.2, 0.25) is 0 Å². The molecular weight excluding hydrogens is 611 g/mol. The maximum Gasteiger partial charge on any atom is 0.164 e. The fourth-order valence-corrected chi connectivity index (χ4v) is 7.26. The van der Waals surface area contributed by atoms with Gasteiger partial charge in [0.05, 0.1) is 11.0 Å². The maximum absolute atomic E-state index is 5.13. The van der Waals surface area contributed by atoms with Gasteiger partial charge in [-0.15, -0.1) is 0 Å². The molecule has 0 fully saturated rings. The Morgan fingerprint density at radius 2 is 0.960 bits per heavy atom. The third kappa shape index (κ3) is 4.60. The van der Waals surface area contributed by atoms with E-state index < -0.39 is 0 Å². The van der Waals surface area contributed by atoms with E-state index in [9.17, 15) is 0 Å². The molecule has 0 aliphatic rings. The molecule has 234 valence electrons. The lowest BCUT2D eigenvalue weighted by Crippen LogP contribution is -2.01. The largest absolute Gasteiger partial charge is 0.354 e. The minimum absolute atomic E-state index is 0.624. The van der Waals surface area contributed by atoms with Crippen molar-refractivity contribution in [3.05, 3.63) is 170 Å². The highest BCUT2D eigenvalue weighted by molar-refractivity contribution is 6.25. The fourth-order valence-electron chi connectivity index (χ4n) is 7.26. The Balaban J connectivity index is 1.19. The highest BCUT2D eigenvalue weighted by atomic mass is 15.0. The van der Waals surface area contributed by atoms with Gasteiger partial charge in [0.15, 0.2) is 17.5 Å². The molecule has 0 aliphatic heterocycles. The number of benzene rings is 7. The van der Waals surface area contributed by atoms with Crippen LogP contribution in [-0.2, 0) is 0 Å². The second kappa shape index (κ2) is 11.4. The van der Waals surface area contributed by atoms with Crippen molar-refractivity contribution in [3.8, 4) is 51.0 Å². The van der Waals surface area contributed by atoms with Crippen molar-refractivity contribution in [1.29, 1.82) is 0 Å². The van der Waals surface area contributed by atoms with Crippen LogP contribution in [0.5, 0.6) is 0 Å². The lowest BCUT2D eigenvalue weighted by atomic mass is 10.0. The van der Waals surface area contributed by atoms with Crippen LogP contribution in [0.4, 0.5) is 0 Å². The summed E-state index contributed by atoms with van der Waals surface area (Å²) in [7, 11) is 0. The summed E-state index contributed by atoms with van der Waals surface area (Å²) >= 11 is 0. The number of rotatable bonds is 5. The molecule has 10 rings (SSSR count). The highest BCUT2D eigenvalue weighted by Crippen LogP contribution is 2.40. The Hall–Kier alpha value is -6.85. The number of H-pyrrole nitrogens is 1. The third-order valence-electron chi connectivity index (χ3n) is 9.56. The van der Waals surface area contributed by atoms with Crippen molar-refractivity contribution < 1.29 is 0 Å². The average molecular weight is 640 g/mol. The quantitative estimate of drug-likeness (QED) is 0.204. The molecule has 5 heteroatoms. The summed E-state index contributed by atoms with van der Waals surface area (Å²) in [6, 6.07) is 59.2. The summed E-state index contributed by atoms with van der Waals surface area (Å²) in [5, 5.41) is 4.86. The van der Waals surface area contributed by atoms with Crippen molar-refractivity contribution in [2.75, 3.05) is 0 Å². The molecule has 0 spiro atoms. The van der Waals surface area contributed by atoms with Gasteiger partial charge in [-0.1, -0.05) is 133 Å². The summed E-state index contributed by atoms with van der Waals surface area (Å²) in [6.45, 7) is 0. The second-order valence-corrected chi connectivity index (χ2v) is 12.6. The van der Waals surface area contributed by atoms with E-state index in [-0.39, 0.29) is 0 Å². The van der Waals surface area contributed by atoms with Crippen LogP contribution < -0.4 is 0 Å². The normalized spacial score (nSPS) is 11.6. The zero-order valence-corrected chi connectivity index (χ0v) is 27.0. The van der Waals surface area contributed by atoms with Gasteiger partial charge in [0.25, 0.3) is 0 Å². The van der Waals surface area contributed by atoms with Crippen LogP contribution in [0, 0.1) is 0 Å². The van der Waals surface area contributed by atoms with Gasteiger partial charge in [0, 0.05) is 55.0 Å². The highest BCUT2D eigenvalue weighted by Gasteiger charge is 2.19. The molecule has 3 aromatic heterocycles. The van der Waals surface area contributed by atoms with Crippen LogP contribution in [0.1, 0.15) is 0 Å². The van der Waals surface area contributed by atoms with Gasteiger partial charge in [-0.3, -0.25) is 0 Å². The molecule has 0 saturated heterocycles. The summed E-state index contributed by atoms with van der Waals surface area (Å²) in [4.78, 5) is 18.9. The molecule has 0 radical (unpaired) electrons. The predicted molar refractivity (Wildman–Crippen MR) is 205 cm³/mol. The smallest absolute Gasteiger partial charge is 0.164 e. The first kappa shape index (κ1) is 28.2. The molecule has 0 atom stereocenters. The number of aromatic nitrogens is 5. The summed E-state index contributed by atoms with van der Waals surface area (Å²) in [6.07, 6.45) is 0. The molecule has 5 nitrogen and oxygen atoms in total. The van der Waals surface area contributed by atoms with E-state index in [0.717, 1.165) is 50.1 Å². The lowest BCUT2D eigenvalue weighted by molar-refractivity contribution is 1.07. The molecule has 3 heterocycles. The van der Waals surface area contributed by atoms with Crippen LogP contribution in [0.25, 0.3) is 94.6 Å². The summed E-state index contributed by atoms with van der Waals surface area (Å²) in [5.41, 5.74) is 10.7. The Labute approximate surface area is 288 Å². The zero-order chi connectivity index (χ0) is 33.0. The molecule has 50 heavy (non-hydrogen) atoms. The Morgan fingerprint density at radius 1 is 0.380 bits per heavy atom. The van der Waals surface area contributed by atoms with E-state index >= 15 is 0 Å². The van der Waals surface area contributed by atoms with Crippen molar-refractivity contribution in [2.24, 2.45) is 0 Å². The van der Waals surface area contributed by atoms with Crippen LogP contribution in [-0.4, -0.2) is 24.5 Å². The number of nitrogens with zero attached hydrogens (tertiary/aromatic N) is 4. The monoisotopic (exact) mass is 639 g/mol. The van der Waals surface area contributed by atoms with Crippen LogP contribution in [0.3, 0.4) is 0 Å². The first-order valence-corrected chi connectivity index (χ1v) is 16.8. The molecule has 10 aromatic rings. The Bertz CT molecular complexity index is 2870. The van der Waals surface area contributed by atoms with E-state index in [4.69, 9.17) is 15.0 Å². The molecule has 7 aromatic carbocycles. The zero-order valence-electron chi connectivity index (χ0n) is 27.0. The maximum atomic E-state index is 5.13. The third-order valence-corrected chi connectivity index (χ3v) is 9.56. The molecule has 0 bridgehead atoms. The van der Waals surface area contributed by atoms with Crippen LogP contribution in [0.2, 0.25) is 0 Å². The molecule has 0 aliphatic carbocycles. The predicted octanol–water partition coefficient (Wildman–Crippen LogP) is 11.3. The van der Waals surface area contributed by atoms with Gasteiger partial charge in [-0.05, 0) is 47.5 Å². The van der Waals surface area contributed by atoms with Crippen molar-refractivity contribution in [2.45, 2.75) is 0 Å². The van der Waals surface area contributed by atoms with Gasteiger partial charge >= 0.3 is 0 Å². The minimum Gasteiger partial charge on any atom is -0.354 e. The van der Waals surface area contributed by atoms with E-state index in [1.54, 1.807) is 0 Å². The minimum atomic E-state index is 0.624. The molecule has 0 saturated carbocycles. The Kier molecular flexibility index (Phi) is 6.42. The summed E-state index contributed by atoms with van der Waals surface area (Å²) in [5.74, 6) is 1.90. The first-order chi connectivity index (χ1) is 24.8. The standard InChI is InChI=1S/C45H29N5/c1-3-13-29(14-4-1)31-17-11-18-32(27-31)44-47-43(30-15-5-2-6-16-30)48-45(49-44)33-19-12-20-34(28-33)50-40-24-10-8-21-35(40)36-25-26-39-41(42(36)50)37-22-7-9-23-38(37)46-39/h1-28,46H. The molecule has 1 N–H and O–H groups in total. The SMILES string of the molecule is c1ccc(-c2cccc(-c3nc(-c4ccccc4)nc(-c4cccc(-n5c6ccccc6c6ccc7[nH]c8ccccc8c7c65)c4)n3)c2)cc1. The number of hydrogen-bond donors (Lipinski definition) is 1. The van der Waals surface area contributed by atoms with Gasteiger partial charge in [-0.2, -0.15) is 0 Å². The van der Waals surface area contributed by atoms with Crippen LogP contribution in [0.15, 0.2) is 170 Å².